The van der Waals surface area contributed by atoms with E-state index in [2.05, 4.69) is 4.74 Å². The number of carbonyl (C=O) groups is 2. The lowest BCUT2D eigenvalue weighted by atomic mass is 10.1. The van der Waals surface area contributed by atoms with Gasteiger partial charge in [-0.15, -0.1) is 0 Å². The zero-order valence-electron chi connectivity index (χ0n) is 11.4. The molecule has 0 bridgehead atoms. The number of methoxy groups -OCH3 is 2. The number of ether oxygens (including phenoxy) is 2. The second-order valence-electron chi connectivity index (χ2n) is 4.46. The monoisotopic (exact) mass is 245 g/mol. The highest BCUT2D eigenvalue weighted by atomic mass is 16.5. The number of carbonyl (C=O) groups excluding carboxylic acids is 2. The van der Waals surface area contributed by atoms with Crippen molar-refractivity contribution in [1.82, 2.24) is 4.90 Å². The van der Waals surface area contributed by atoms with Gasteiger partial charge in [-0.1, -0.05) is 6.92 Å². The Labute approximate surface area is 103 Å². The van der Waals surface area contributed by atoms with Crippen LogP contribution in [0.1, 0.15) is 27.2 Å². The minimum Gasteiger partial charge on any atom is -0.468 e. The van der Waals surface area contributed by atoms with E-state index in [9.17, 15) is 9.59 Å². The summed E-state index contributed by atoms with van der Waals surface area (Å²) in [5.74, 6) is -0.298. The Morgan fingerprint density at radius 1 is 1.18 bits per heavy atom. The van der Waals surface area contributed by atoms with Crippen molar-refractivity contribution < 1.29 is 19.1 Å². The third-order valence-corrected chi connectivity index (χ3v) is 2.45. The Morgan fingerprint density at radius 2 is 1.76 bits per heavy atom. The van der Waals surface area contributed by atoms with Crippen molar-refractivity contribution in [3.05, 3.63) is 0 Å². The Kier molecular flexibility index (Phi) is 7.54. The van der Waals surface area contributed by atoms with E-state index in [-0.39, 0.29) is 24.4 Å². The fourth-order valence-electron chi connectivity index (χ4n) is 1.52. The van der Waals surface area contributed by atoms with Crippen molar-refractivity contribution in [3.63, 3.8) is 0 Å². The molecule has 5 heteroatoms. The van der Waals surface area contributed by atoms with E-state index in [0.717, 1.165) is 0 Å². The van der Waals surface area contributed by atoms with Gasteiger partial charge in [-0.2, -0.15) is 0 Å². The van der Waals surface area contributed by atoms with Gasteiger partial charge in [0, 0.05) is 26.2 Å². The Morgan fingerprint density at radius 3 is 2.18 bits per heavy atom. The van der Waals surface area contributed by atoms with E-state index in [4.69, 9.17) is 4.74 Å². The molecule has 0 rings (SSSR count). The van der Waals surface area contributed by atoms with Crippen LogP contribution in [0.5, 0.6) is 0 Å². The van der Waals surface area contributed by atoms with Gasteiger partial charge >= 0.3 is 5.97 Å². The van der Waals surface area contributed by atoms with Crippen LogP contribution in [0.25, 0.3) is 0 Å². The van der Waals surface area contributed by atoms with Crippen LogP contribution in [0.2, 0.25) is 0 Å². The highest BCUT2D eigenvalue weighted by Gasteiger charge is 2.21. The number of hydrogen-bond acceptors (Lipinski definition) is 4. The maximum atomic E-state index is 12.0. The van der Waals surface area contributed by atoms with Gasteiger partial charge in [-0.3, -0.25) is 9.59 Å². The van der Waals surface area contributed by atoms with Crippen molar-refractivity contribution in [1.29, 1.82) is 0 Å². The average Bonchev–Trinajstić information content (AvgIpc) is 2.24. The van der Waals surface area contributed by atoms with Gasteiger partial charge in [0.1, 0.15) is 6.54 Å². The van der Waals surface area contributed by atoms with E-state index < -0.39 is 5.97 Å². The maximum Gasteiger partial charge on any atom is 0.325 e. The van der Waals surface area contributed by atoms with E-state index in [0.29, 0.717) is 13.0 Å². The molecule has 0 aliphatic carbocycles. The summed E-state index contributed by atoms with van der Waals surface area (Å²) in [6.45, 7) is 6.24. The van der Waals surface area contributed by atoms with Crippen LogP contribution in [-0.2, 0) is 19.1 Å². The Balaban J connectivity index is 4.39. The average molecular weight is 245 g/mol. The van der Waals surface area contributed by atoms with E-state index in [1.165, 1.54) is 12.0 Å². The second kappa shape index (κ2) is 8.06. The number of amides is 1. The first kappa shape index (κ1) is 15.9. The first-order chi connectivity index (χ1) is 7.92. The Bertz CT molecular complexity index is 253. The molecule has 0 fully saturated rings. The van der Waals surface area contributed by atoms with Crippen LogP contribution in [0.3, 0.4) is 0 Å². The summed E-state index contributed by atoms with van der Waals surface area (Å²) in [6, 6.07) is -0.0173. The molecule has 1 atom stereocenters. The lowest BCUT2D eigenvalue weighted by molar-refractivity contribution is -0.148. The number of esters is 1. The number of nitrogens with zero attached hydrogens (tertiary/aromatic N) is 1. The topological polar surface area (TPSA) is 55.8 Å². The minimum absolute atomic E-state index is 0.00665. The first-order valence-corrected chi connectivity index (χ1v) is 5.77. The largest absolute Gasteiger partial charge is 0.468 e. The van der Waals surface area contributed by atoms with Gasteiger partial charge < -0.3 is 14.4 Å². The highest BCUT2D eigenvalue weighted by Crippen LogP contribution is 2.09. The molecule has 0 saturated carbocycles. The van der Waals surface area contributed by atoms with E-state index >= 15 is 0 Å². The van der Waals surface area contributed by atoms with Crippen LogP contribution in [0.15, 0.2) is 0 Å². The third-order valence-electron chi connectivity index (χ3n) is 2.45. The van der Waals surface area contributed by atoms with Crippen LogP contribution in [-0.4, -0.2) is 50.2 Å². The molecule has 100 valence electrons. The van der Waals surface area contributed by atoms with E-state index in [1.807, 2.05) is 20.8 Å². The van der Waals surface area contributed by atoms with Crippen LogP contribution in [0.4, 0.5) is 0 Å². The zero-order chi connectivity index (χ0) is 13.4. The molecule has 0 heterocycles. The molecular weight excluding hydrogens is 222 g/mol. The molecule has 1 unspecified atom stereocenters. The molecule has 0 radical (unpaired) electrons. The lowest BCUT2D eigenvalue weighted by Crippen LogP contribution is -2.41. The molecule has 0 aliphatic rings. The molecule has 1 amide bonds. The summed E-state index contributed by atoms with van der Waals surface area (Å²) in [6.07, 6.45) is 0.378. The number of hydrogen-bond donors (Lipinski definition) is 0. The van der Waals surface area contributed by atoms with Gasteiger partial charge in [0.05, 0.1) is 7.11 Å². The summed E-state index contributed by atoms with van der Waals surface area (Å²) in [5.41, 5.74) is 0. The molecule has 0 saturated heterocycles. The van der Waals surface area contributed by atoms with Gasteiger partial charge in [0.25, 0.3) is 0 Å². The number of rotatable bonds is 7. The fourth-order valence-corrected chi connectivity index (χ4v) is 1.52. The summed E-state index contributed by atoms with van der Waals surface area (Å²) in [5, 5.41) is 0. The van der Waals surface area contributed by atoms with Gasteiger partial charge in [0.15, 0.2) is 0 Å². The van der Waals surface area contributed by atoms with Crippen molar-refractivity contribution in [2.24, 2.45) is 5.92 Å². The van der Waals surface area contributed by atoms with Crippen LogP contribution < -0.4 is 0 Å². The third kappa shape index (κ3) is 6.26. The molecule has 0 aromatic rings. The molecular formula is C12H23NO4. The maximum absolute atomic E-state index is 12.0. The molecule has 0 aromatic carbocycles. The van der Waals surface area contributed by atoms with E-state index in [1.54, 1.807) is 7.11 Å². The van der Waals surface area contributed by atoms with Crippen molar-refractivity contribution in [3.8, 4) is 0 Å². The summed E-state index contributed by atoms with van der Waals surface area (Å²) < 4.78 is 9.56. The van der Waals surface area contributed by atoms with Crippen molar-refractivity contribution in [2.75, 3.05) is 27.4 Å². The lowest BCUT2D eigenvalue weighted by Gasteiger charge is -2.26. The standard InChI is InChI=1S/C12H23NO4/c1-9(2)13(7-12(15)17-5)11(14)6-10(3)8-16-4/h9-10H,6-8H2,1-5H3. The van der Waals surface area contributed by atoms with Crippen LogP contribution >= 0.6 is 0 Å². The zero-order valence-corrected chi connectivity index (χ0v) is 11.4. The first-order valence-electron chi connectivity index (χ1n) is 5.77. The Hall–Kier alpha value is -1.10. The summed E-state index contributed by atoms with van der Waals surface area (Å²) in [7, 11) is 2.93. The van der Waals surface area contributed by atoms with Crippen LogP contribution in [0, 0.1) is 5.92 Å². The summed E-state index contributed by atoms with van der Waals surface area (Å²) in [4.78, 5) is 24.7. The molecule has 0 aromatic heterocycles. The second-order valence-corrected chi connectivity index (χ2v) is 4.46. The molecule has 0 aliphatic heterocycles. The predicted octanol–water partition coefficient (Wildman–Crippen LogP) is 1.07. The van der Waals surface area contributed by atoms with Gasteiger partial charge in [-0.25, -0.2) is 0 Å². The van der Waals surface area contributed by atoms with Crippen molar-refractivity contribution in [2.45, 2.75) is 33.2 Å². The molecule has 5 nitrogen and oxygen atoms in total. The minimum atomic E-state index is -0.397. The molecule has 0 N–H and O–H groups in total. The highest BCUT2D eigenvalue weighted by molar-refractivity contribution is 5.82. The van der Waals surface area contributed by atoms with Gasteiger partial charge in [-0.05, 0) is 19.8 Å². The fraction of sp³-hybridized carbons (Fsp3) is 0.833. The predicted molar refractivity (Wildman–Crippen MR) is 64.5 cm³/mol. The van der Waals surface area contributed by atoms with Gasteiger partial charge in [0.2, 0.25) is 5.91 Å². The summed E-state index contributed by atoms with van der Waals surface area (Å²) >= 11 is 0. The molecule has 0 spiro atoms. The smallest absolute Gasteiger partial charge is 0.325 e. The SMILES string of the molecule is COCC(C)CC(=O)N(CC(=O)OC)C(C)C. The normalized spacial score (nSPS) is 12.4. The molecule has 17 heavy (non-hydrogen) atoms. The van der Waals surface area contributed by atoms with Crippen molar-refractivity contribution >= 4 is 11.9 Å². The quantitative estimate of drug-likeness (QED) is 0.630.